The molecule has 1 aliphatic rings. The normalized spacial score (nSPS) is 21.9. The second kappa shape index (κ2) is 7.24. The van der Waals surface area contributed by atoms with Crippen molar-refractivity contribution in [3.05, 3.63) is 18.6 Å². The van der Waals surface area contributed by atoms with Crippen molar-refractivity contribution in [2.24, 2.45) is 0 Å². The van der Waals surface area contributed by atoms with Crippen LogP contribution in [0.1, 0.15) is 39.5 Å². The number of urea groups is 1. The Balaban J connectivity index is 1.74. The summed E-state index contributed by atoms with van der Waals surface area (Å²) >= 11 is 0. The van der Waals surface area contributed by atoms with Crippen molar-refractivity contribution in [3.63, 3.8) is 0 Å². The van der Waals surface area contributed by atoms with E-state index in [0.29, 0.717) is 5.88 Å². The molecule has 6 nitrogen and oxygen atoms in total. The Bertz CT molecular complexity index is 444. The minimum Gasteiger partial charge on any atom is -0.473 e. The lowest BCUT2D eigenvalue weighted by Crippen LogP contribution is -2.47. The minimum atomic E-state index is 0.00305. The Morgan fingerprint density at radius 2 is 2.05 bits per heavy atom. The molecule has 2 rings (SSSR count). The number of carbonyl (C=O) groups excluding carboxylic acids is 1. The molecular weight excluding hydrogens is 268 g/mol. The summed E-state index contributed by atoms with van der Waals surface area (Å²) in [6.45, 7) is 4.01. The number of carbonyl (C=O) groups is 1. The van der Waals surface area contributed by atoms with Crippen LogP contribution in [0.5, 0.6) is 5.88 Å². The van der Waals surface area contributed by atoms with Crippen molar-refractivity contribution in [2.45, 2.75) is 57.7 Å². The molecule has 1 aromatic heterocycles. The van der Waals surface area contributed by atoms with Gasteiger partial charge in [0.15, 0.2) is 0 Å². The Labute approximate surface area is 125 Å². The zero-order valence-electron chi connectivity index (χ0n) is 13.0. The smallest absolute Gasteiger partial charge is 0.317 e. The van der Waals surface area contributed by atoms with E-state index >= 15 is 0 Å². The second-order valence-corrected chi connectivity index (χ2v) is 5.79. The van der Waals surface area contributed by atoms with E-state index in [0.717, 1.165) is 25.7 Å². The quantitative estimate of drug-likeness (QED) is 0.924. The highest BCUT2D eigenvalue weighted by Crippen LogP contribution is 2.22. The van der Waals surface area contributed by atoms with Crippen LogP contribution in [0.15, 0.2) is 18.6 Å². The molecule has 1 N–H and O–H groups in total. The predicted octanol–water partition coefficient (Wildman–Crippen LogP) is 2.22. The van der Waals surface area contributed by atoms with Crippen LogP contribution in [-0.4, -0.2) is 46.1 Å². The molecule has 0 radical (unpaired) electrons. The molecule has 0 aliphatic heterocycles. The van der Waals surface area contributed by atoms with E-state index in [9.17, 15) is 4.79 Å². The number of rotatable bonds is 4. The summed E-state index contributed by atoms with van der Waals surface area (Å²) in [7, 11) is 1.82. The minimum absolute atomic E-state index is 0.00305. The van der Waals surface area contributed by atoms with Gasteiger partial charge >= 0.3 is 6.03 Å². The highest BCUT2D eigenvalue weighted by Gasteiger charge is 2.25. The van der Waals surface area contributed by atoms with Crippen LogP contribution < -0.4 is 10.1 Å². The van der Waals surface area contributed by atoms with Gasteiger partial charge in [0, 0.05) is 31.5 Å². The summed E-state index contributed by atoms with van der Waals surface area (Å²) in [4.78, 5) is 21.8. The summed E-state index contributed by atoms with van der Waals surface area (Å²) in [6, 6.07) is 0.449. The molecule has 1 saturated carbocycles. The van der Waals surface area contributed by atoms with Gasteiger partial charge < -0.3 is 15.0 Å². The molecule has 1 aliphatic carbocycles. The van der Waals surface area contributed by atoms with Gasteiger partial charge in [0.1, 0.15) is 6.10 Å². The van der Waals surface area contributed by atoms with Gasteiger partial charge in [-0.05, 0) is 39.5 Å². The van der Waals surface area contributed by atoms with Crippen LogP contribution in [-0.2, 0) is 0 Å². The number of ether oxygens (including phenoxy) is 1. The Kier molecular flexibility index (Phi) is 5.36. The van der Waals surface area contributed by atoms with Crippen LogP contribution in [0.4, 0.5) is 4.79 Å². The fraction of sp³-hybridized carbons (Fsp3) is 0.667. The maximum Gasteiger partial charge on any atom is 0.317 e. The first-order valence-electron chi connectivity index (χ1n) is 7.52. The zero-order valence-corrected chi connectivity index (χ0v) is 13.0. The van der Waals surface area contributed by atoms with E-state index in [4.69, 9.17) is 4.74 Å². The Morgan fingerprint density at radius 3 is 2.62 bits per heavy atom. The SMILES string of the molecule is CC(C)N(C)C(=O)NC1CCC(Oc2cnccn2)CC1. The largest absolute Gasteiger partial charge is 0.473 e. The zero-order chi connectivity index (χ0) is 15.2. The summed E-state index contributed by atoms with van der Waals surface area (Å²) in [5.41, 5.74) is 0. The topological polar surface area (TPSA) is 67.4 Å². The molecule has 2 amide bonds. The molecule has 0 saturated heterocycles. The first-order chi connectivity index (χ1) is 10.1. The summed E-state index contributed by atoms with van der Waals surface area (Å²) in [6.07, 6.45) is 8.77. The molecule has 1 heterocycles. The third kappa shape index (κ3) is 4.58. The molecule has 1 fully saturated rings. The van der Waals surface area contributed by atoms with E-state index in [1.165, 1.54) is 0 Å². The third-order valence-electron chi connectivity index (χ3n) is 3.92. The van der Waals surface area contributed by atoms with Gasteiger partial charge in [-0.3, -0.25) is 4.98 Å². The van der Waals surface area contributed by atoms with Crippen molar-refractivity contribution < 1.29 is 9.53 Å². The van der Waals surface area contributed by atoms with Crippen molar-refractivity contribution in [1.29, 1.82) is 0 Å². The second-order valence-electron chi connectivity index (χ2n) is 5.79. The number of aromatic nitrogens is 2. The fourth-order valence-corrected chi connectivity index (χ4v) is 2.35. The Hall–Kier alpha value is -1.85. The predicted molar refractivity (Wildman–Crippen MR) is 80.1 cm³/mol. The van der Waals surface area contributed by atoms with Gasteiger partial charge in [0.2, 0.25) is 5.88 Å². The van der Waals surface area contributed by atoms with Crippen molar-refractivity contribution in [3.8, 4) is 5.88 Å². The summed E-state index contributed by atoms with van der Waals surface area (Å²) in [5.74, 6) is 0.574. The third-order valence-corrected chi connectivity index (χ3v) is 3.92. The van der Waals surface area contributed by atoms with Crippen LogP contribution >= 0.6 is 0 Å². The molecule has 0 atom stereocenters. The molecule has 0 aromatic carbocycles. The molecule has 0 spiro atoms. The lowest BCUT2D eigenvalue weighted by Gasteiger charge is -2.31. The van der Waals surface area contributed by atoms with Gasteiger partial charge in [-0.2, -0.15) is 0 Å². The van der Waals surface area contributed by atoms with E-state index in [-0.39, 0.29) is 24.2 Å². The van der Waals surface area contributed by atoms with Gasteiger partial charge in [0.25, 0.3) is 0 Å². The molecule has 116 valence electrons. The molecular formula is C15H24N4O2. The Morgan fingerprint density at radius 1 is 1.33 bits per heavy atom. The van der Waals surface area contributed by atoms with E-state index < -0.39 is 0 Å². The number of nitrogens with zero attached hydrogens (tertiary/aromatic N) is 3. The van der Waals surface area contributed by atoms with E-state index in [2.05, 4.69) is 15.3 Å². The number of hydrogen-bond acceptors (Lipinski definition) is 4. The van der Waals surface area contributed by atoms with E-state index in [1.807, 2.05) is 20.9 Å². The van der Waals surface area contributed by atoms with Crippen LogP contribution in [0, 0.1) is 0 Å². The fourth-order valence-electron chi connectivity index (χ4n) is 2.35. The highest BCUT2D eigenvalue weighted by atomic mass is 16.5. The maximum atomic E-state index is 12.0. The van der Waals surface area contributed by atoms with Crippen LogP contribution in [0.3, 0.4) is 0 Å². The van der Waals surface area contributed by atoms with Gasteiger partial charge in [0.05, 0.1) is 6.20 Å². The number of nitrogens with one attached hydrogen (secondary N) is 1. The summed E-state index contributed by atoms with van der Waals surface area (Å²) < 4.78 is 5.80. The highest BCUT2D eigenvalue weighted by molar-refractivity contribution is 5.74. The molecule has 0 bridgehead atoms. The molecule has 0 unspecified atom stereocenters. The maximum absolute atomic E-state index is 12.0. The van der Waals surface area contributed by atoms with Crippen LogP contribution in [0.2, 0.25) is 0 Å². The average molecular weight is 292 g/mol. The average Bonchev–Trinajstić information content (AvgIpc) is 2.49. The standard InChI is InChI=1S/C15H24N4O2/c1-11(2)19(3)15(20)18-12-4-6-13(7-5-12)21-14-10-16-8-9-17-14/h8-13H,4-7H2,1-3H3,(H,18,20). The molecule has 21 heavy (non-hydrogen) atoms. The number of hydrogen-bond donors (Lipinski definition) is 1. The first kappa shape index (κ1) is 15.5. The van der Waals surface area contributed by atoms with Gasteiger partial charge in [-0.15, -0.1) is 0 Å². The molecule has 6 heteroatoms. The monoisotopic (exact) mass is 292 g/mol. The van der Waals surface area contributed by atoms with Crippen molar-refractivity contribution in [2.75, 3.05) is 7.05 Å². The van der Waals surface area contributed by atoms with Crippen LogP contribution in [0.25, 0.3) is 0 Å². The lowest BCUT2D eigenvalue weighted by molar-refractivity contribution is 0.130. The first-order valence-corrected chi connectivity index (χ1v) is 7.52. The number of amides is 2. The summed E-state index contributed by atoms with van der Waals surface area (Å²) in [5, 5.41) is 3.09. The van der Waals surface area contributed by atoms with E-state index in [1.54, 1.807) is 23.5 Å². The van der Waals surface area contributed by atoms with Crippen molar-refractivity contribution >= 4 is 6.03 Å². The van der Waals surface area contributed by atoms with Gasteiger partial charge in [-0.25, -0.2) is 9.78 Å². The molecule has 1 aromatic rings. The van der Waals surface area contributed by atoms with Gasteiger partial charge in [-0.1, -0.05) is 0 Å². The lowest BCUT2D eigenvalue weighted by atomic mass is 9.93. The van der Waals surface area contributed by atoms with Crippen molar-refractivity contribution in [1.82, 2.24) is 20.2 Å².